The highest BCUT2D eigenvalue weighted by Gasteiger charge is 2.18. The zero-order chi connectivity index (χ0) is 14.8. The maximum Gasteiger partial charge on any atom is 0.151 e. The van der Waals surface area contributed by atoms with Gasteiger partial charge in [0.25, 0.3) is 0 Å². The molecule has 0 fully saturated rings. The smallest absolute Gasteiger partial charge is 0.151 e. The molecule has 0 spiro atoms. The highest BCUT2D eigenvalue weighted by molar-refractivity contribution is 9.10. The Kier molecular flexibility index (Phi) is 3.78. The van der Waals surface area contributed by atoms with Crippen LogP contribution >= 0.6 is 27.5 Å². The predicted octanol–water partition coefficient (Wildman–Crippen LogP) is 4.83. The molecular formula is C16H9BrClN3. The summed E-state index contributed by atoms with van der Waals surface area (Å²) in [4.78, 5) is 0. The van der Waals surface area contributed by atoms with Gasteiger partial charge in [-0.25, -0.2) is 4.68 Å². The van der Waals surface area contributed by atoms with Crippen LogP contribution < -0.4 is 0 Å². The average Bonchev–Trinajstić information content (AvgIpc) is 2.85. The Morgan fingerprint density at radius 1 is 1.10 bits per heavy atom. The zero-order valence-electron chi connectivity index (χ0n) is 10.8. The number of nitriles is 1. The van der Waals surface area contributed by atoms with E-state index in [4.69, 9.17) is 11.6 Å². The van der Waals surface area contributed by atoms with Crippen molar-refractivity contribution in [2.45, 2.75) is 0 Å². The van der Waals surface area contributed by atoms with E-state index < -0.39 is 0 Å². The summed E-state index contributed by atoms with van der Waals surface area (Å²) in [5.74, 6) is 0. The van der Waals surface area contributed by atoms with Crippen LogP contribution in [0.15, 0.2) is 59.1 Å². The Labute approximate surface area is 135 Å². The Hall–Kier alpha value is -2.09. The van der Waals surface area contributed by atoms with Crippen molar-refractivity contribution < 1.29 is 0 Å². The van der Waals surface area contributed by atoms with Crippen molar-refractivity contribution in [3.05, 3.63) is 69.8 Å². The lowest BCUT2D eigenvalue weighted by molar-refractivity contribution is 0.884. The van der Waals surface area contributed by atoms with Crippen LogP contribution in [0.3, 0.4) is 0 Å². The lowest BCUT2D eigenvalue weighted by atomic mass is 10.1. The highest BCUT2D eigenvalue weighted by atomic mass is 79.9. The number of nitrogens with zero attached hydrogens (tertiary/aromatic N) is 3. The van der Waals surface area contributed by atoms with Crippen molar-refractivity contribution in [1.82, 2.24) is 9.78 Å². The van der Waals surface area contributed by atoms with E-state index in [1.807, 2.05) is 54.6 Å². The molecule has 0 aliphatic heterocycles. The molecule has 1 heterocycles. The largest absolute Gasteiger partial charge is 0.220 e. The minimum atomic E-state index is 0.314. The van der Waals surface area contributed by atoms with Gasteiger partial charge in [0.15, 0.2) is 5.15 Å². The Morgan fingerprint density at radius 2 is 1.86 bits per heavy atom. The summed E-state index contributed by atoms with van der Waals surface area (Å²) >= 11 is 9.75. The third-order valence-electron chi connectivity index (χ3n) is 3.04. The zero-order valence-corrected chi connectivity index (χ0v) is 13.1. The number of aromatic nitrogens is 2. The molecule has 3 aromatic rings. The minimum Gasteiger partial charge on any atom is -0.220 e. The fraction of sp³-hybridized carbons (Fsp3) is 0. The Bertz CT molecular complexity index is 834. The van der Waals surface area contributed by atoms with E-state index in [0.717, 1.165) is 15.7 Å². The number of hydrogen-bond donors (Lipinski definition) is 0. The molecule has 21 heavy (non-hydrogen) atoms. The van der Waals surface area contributed by atoms with Gasteiger partial charge in [0, 0.05) is 10.0 Å². The van der Waals surface area contributed by atoms with Crippen LogP contribution in [0.2, 0.25) is 5.15 Å². The molecule has 0 atom stereocenters. The van der Waals surface area contributed by atoms with Crippen LogP contribution in [-0.4, -0.2) is 9.78 Å². The van der Waals surface area contributed by atoms with Gasteiger partial charge in [-0.05, 0) is 18.2 Å². The summed E-state index contributed by atoms with van der Waals surface area (Å²) in [6.45, 7) is 0. The fourth-order valence-electron chi connectivity index (χ4n) is 2.07. The van der Waals surface area contributed by atoms with E-state index in [1.165, 1.54) is 0 Å². The molecule has 0 aliphatic carbocycles. The van der Waals surface area contributed by atoms with E-state index in [1.54, 1.807) is 4.68 Å². The van der Waals surface area contributed by atoms with Crippen LogP contribution in [0.5, 0.6) is 0 Å². The molecule has 0 saturated carbocycles. The number of benzene rings is 2. The first-order valence-electron chi connectivity index (χ1n) is 6.20. The Balaban J connectivity index is 2.21. The van der Waals surface area contributed by atoms with E-state index in [2.05, 4.69) is 27.1 Å². The summed E-state index contributed by atoms with van der Waals surface area (Å²) in [5.41, 5.74) is 2.63. The summed E-state index contributed by atoms with van der Waals surface area (Å²) in [5, 5.41) is 14.2. The Morgan fingerprint density at radius 3 is 2.52 bits per heavy atom. The maximum atomic E-state index is 9.38. The summed E-state index contributed by atoms with van der Waals surface area (Å²) < 4.78 is 2.50. The van der Waals surface area contributed by atoms with Crippen molar-refractivity contribution in [1.29, 1.82) is 5.26 Å². The molecule has 5 heteroatoms. The maximum absolute atomic E-state index is 9.38. The van der Waals surface area contributed by atoms with Crippen LogP contribution in [0.25, 0.3) is 16.9 Å². The third kappa shape index (κ3) is 2.58. The number of rotatable bonds is 2. The van der Waals surface area contributed by atoms with Crippen molar-refractivity contribution in [3.8, 4) is 23.0 Å². The van der Waals surface area contributed by atoms with Crippen LogP contribution in [-0.2, 0) is 0 Å². The van der Waals surface area contributed by atoms with E-state index in [0.29, 0.717) is 16.4 Å². The van der Waals surface area contributed by atoms with E-state index in [-0.39, 0.29) is 0 Å². The van der Waals surface area contributed by atoms with Gasteiger partial charge >= 0.3 is 0 Å². The third-order valence-corrected chi connectivity index (χ3v) is 3.88. The molecule has 0 saturated heterocycles. The fourth-order valence-corrected chi connectivity index (χ4v) is 2.73. The van der Waals surface area contributed by atoms with Gasteiger partial charge < -0.3 is 0 Å². The lowest BCUT2D eigenvalue weighted by Gasteiger charge is -2.03. The van der Waals surface area contributed by atoms with Gasteiger partial charge in [-0.3, -0.25) is 0 Å². The number of halogens is 2. The summed E-state index contributed by atoms with van der Waals surface area (Å²) in [6, 6.07) is 19.3. The van der Waals surface area contributed by atoms with Gasteiger partial charge in [0.1, 0.15) is 17.3 Å². The molecule has 0 amide bonds. The molecule has 2 aromatic carbocycles. The molecule has 3 rings (SSSR count). The van der Waals surface area contributed by atoms with Gasteiger partial charge in [-0.2, -0.15) is 10.4 Å². The average molecular weight is 359 g/mol. The predicted molar refractivity (Wildman–Crippen MR) is 86.4 cm³/mol. The second kappa shape index (κ2) is 5.72. The molecule has 0 N–H and O–H groups in total. The minimum absolute atomic E-state index is 0.314. The second-order valence-electron chi connectivity index (χ2n) is 4.38. The van der Waals surface area contributed by atoms with Crippen LogP contribution in [0.4, 0.5) is 0 Å². The SMILES string of the molecule is N#Cc1c(-c2ccccc2)nn(-c2cccc(Br)c2)c1Cl. The lowest BCUT2D eigenvalue weighted by Crippen LogP contribution is -1.96. The molecule has 0 unspecified atom stereocenters. The van der Waals surface area contributed by atoms with Crippen LogP contribution in [0, 0.1) is 11.3 Å². The molecule has 0 bridgehead atoms. The quantitative estimate of drug-likeness (QED) is 0.658. The molecule has 102 valence electrons. The highest BCUT2D eigenvalue weighted by Crippen LogP contribution is 2.30. The van der Waals surface area contributed by atoms with E-state index in [9.17, 15) is 5.26 Å². The van der Waals surface area contributed by atoms with Gasteiger partial charge in [-0.15, -0.1) is 0 Å². The first-order valence-corrected chi connectivity index (χ1v) is 7.38. The van der Waals surface area contributed by atoms with Crippen molar-refractivity contribution in [2.75, 3.05) is 0 Å². The monoisotopic (exact) mass is 357 g/mol. The summed E-state index contributed by atoms with van der Waals surface area (Å²) in [6.07, 6.45) is 0. The van der Waals surface area contributed by atoms with Gasteiger partial charge in [0.05, 0.1) is 5.69 Å². The van der Waals surface area contributed by atoms with Gasteiger partial charge in [0.2, 0.25) is 0 Å². The molecular weight excluding hydrogens is 350 g/mol. The molecule has 1 aromatic heterocycles. The normalized spacial score (nSPS) is 10.3. The molecule has 0 aliphatic rings. The van der Waals surface area contributed by atoms with E-state index >= 15 is 0 Å². The molecule has 3 nitrogen and oxygen atoms in total. The number of hydrogen-bond acceptors (Lipinski definition) is 2. The van der Waals surface area contributed by atoms with Crippen LogP contribution in [0.1, 0.15) is 5.56 Å². The molecule has 0 radical (unpaired) electrons. The second-order valence-corrected chi connectivity index (χ2v) is 5.66. The topological polar surface area (TPSA) is 41.6 Å². The standard InChI is InChI=1S/C16H9BrClN3/c17-12-7-4-8-13(9-12)21-16(18)14(10-19)15(20-21)11-5-2-1-3-6-11/h1-9H. The summed E-state index contributed by atoms with van der Waals surface area (Å²) in [7, 11) is 0. The first-order chi connectivity index (χ1) is 10.2. The van der Waals surface area contributed by atoms with Crippen molar-refractivity contribution in [2.24, 2.45) is 0 Å². The van der Waals surface area contributed by atoms with Crippen molar-refractivity contribution >= 4 is 27.5 Å². The van der Waals surface area contributed by atoms with Gasteiger partial charge in [-0.1, -0.05) is 63.9 Å². The van der Waals surface area contributed by atoms with Crippen molar-refractivity contribution in [3.63, 3.8) is 0 Å². The first kappa shape index (κ1) is 13.9.